The van der Waals surface area contributed by atoms with Crippen molar-refractivity contribution >= 4 is 45.2 Å². The van der Waals surface area contributed by atoms with E-state index in [1.54, 1.807) is 0 Å². The van der Waals surface area contributed by atoms with E-state index in [9.17, 15) is 0 Å². The highest BCUT2D eigenvalue weighted by Gasteiger charge is 1.85. The van der Waals surface area contributed by atoms with Gasteiger partial charge in [-0.05, 0) is 6.42 Å². The topological polar surface area (TPSA) is 0 Å². The average molecular weight is 296 g/mol. The molecule has 0 N–H and O–H groups in total. The van der Waals surface area contributed by atoms with Crippen LogP contribution in [0.5, 0.6) is 0 Å². The first-order chi connectivity index (χ1) is 2.27. The lowest BCUT2D eigenvalue weighted by Crippen LogP contribution is -1.72. The molecule has 0 unspecified atom stereocenters. The third-order valence-corrected chi connectivity index (χ3v) is 2.07. The van der Waals surface area contributed by atoms with Crippen LogP contribution < -0.4 is 0 Å². The highest BCUT2D eigenvalue weighted by atomic mass is 127. The van der Waals surface area contributed by atoms with Crippen LogP contribution in [-0.2, 0) is 0 Å². The maximum atomic E-state index is 2.39. The first-order valence-electron chi connectivity index (χ1n) is 1.55. The molecule has 0 aliphatic heterocycles. The van der Waals surface area contributed by atoms with Crippen molar-refractivity contribution in [3.05, 3.63) is 0 Å². The molecule has 0 aliphatic rings. The fourth-order valence-corrected chi connectivity index (χ4v) is 0. The van der Waals surface area contributed by atoms with Gasteiger partial charge in [-0.3, -0.25) is 0 Å². The van der Waals surface area contributed by atoms with Gasteiger partial charge in [0.05, 0.1) is 1.93 Å². The van der Waals surface area contributed by atoms with Crippen LogP contribution in [0.25, 0.3) is 0 Å². The normalized spacial score (nSPS) is 9.60. The van der Waals surface area contributed by atoms with Crippen molar-refractivity contribution in [2.75, 3.05) is 0 Å². The Balaban J connectivity index is 2.54. The van der Waals surface area contributed by atoms with E-state index in [0.29, 0.717) is 0 Å². The summed E-state index contributed by atoms with van der Waals surface area (Å²) in [4.78, 5) is 0. The van der Waals surface area contributed by atoms with Gasteiger partial charge in [0.1, 0.15) is 0 Å². The van der Waals surface area contributed by atoms with Gasteiger partial charge >= 0.3 is 0 Å². The SMILES string of the molecule is CCC(I)I. The molecule has 0 atom stereocenters. The van der Waals surface area contributed by atoms with E-state index in [4.69, 9.17) is 0 Å². The molecule has 0 fully saturated rings. The molecule has 0 bridgehead atoms. The highest BCUT2D eigenvalue weighted by Crippen LogP contribution is 2.11. The van der Waals surface area contributed by atoms with Crippen LogP contribution >= 0.6 is 45.2 Å². The van der Waals surface area contributed by atoms with Crippen LogP contribution in [0.2, 0.25) is 0 Å². The molecule has 0 saturated heterocycles. The van der Waals surface area contributed by atoms with Crippen LogP contribution in [0.15, 0.2) is 0 Å². The zero-order valence-electron chi connectivity index (χ0n) is 3.04. The number of rotatable bonds is 1. The van der Waals surface area contributed by atoms with Gasteiger partial charge in [-0.15, -0.1) is 0 Å². The molecule has 0 spiro atoms. The van der Waals surface area contributed by atoms with Crippen molar-refractivity contribution in [3.8, 4) is 0 Å². The number of halogens is 2. The molecular formula is C3H6I2. The Kier molecular flexibility index (Phi) is 4.71. The lowest BCUT2D eigenvalue weighted by atomic mass is 10.6. The van der Waals surface area contributed by atoms with Gasteiger partial charge in [0.25, 0.3) is 0 Å². The molecule has 0 aromatic heterocycles. The molecule has 0 aromatic rings. The standard InChI is InChI=1S/C3H6I2/c1-2-3(4)5/h3H,2H2,1H3. The molecule has 0 aliphatic carbocycles. The molecule has 32 valence electrons. The summed E-state index contributed by atoms with van der Waals surface area (Å²) in [6.07, 6.45) is 1.28. The summed E-state index contributed by atoms with van der Waals surface area (Å²) in [7, 11) is 0. The molecule has 0 radical (unpaired) electrons. The second-order valence-corrected chi connectivity index (χ2v) is 6.19. The zero-order valence-corrected chi connectivity index (χ0v) is 7.36. The molecule has 0 nitrogen and oxygen atoms in total. The van der Waals surface area contributed by atoms with Gasteiger partial charge in [-0.25, -0.2) is 0 Å². The summed E-state index contributed by atoms with van der Waals surface area (Å²) in [5.41, 5.74) is 0. The minimum Gasteiger partial charge on any atom is -0.0710 e. The second-order valence-electron chi connectivity index (χ2n) is 0.799. The van der Waals surface area contributed by atoms with Gasteiger partial charge in [0, 0.05) is 0 Å². The van der Waals surface area contributed by atoms with Gasteiger partial charge in [-0.1, -0.05) is 52.1 Å². The van der Waals surface area contributed by atoms with E-state index in [1.165, 1.54) is 6.42 Å². The maximum absolute atomic E-state index is 2.39. The summed E-state index contributed by atoms with van der Waals surface area (Å²) in [5, 5.41) is 0. The number of alkyl halides is 2. The van der Waals surface area contributed by atoms with E-state index in [1.807, 2.05) is 0 Å². The largest absolute Gasteiger partial charge is 0.0710 e. The Hall–Kier alpha value is 1.46. The van der Waals surface area contributed by atoms with E-state index in [2.05, 4.69) is 52.1 Å². The van der Waals surface area contributed by atoms with Crippen LogP contribution in [-0.4, -0.2) is 1.93 Å². The predicted molar refractivity (Wildman–Crippen MR) is 42.1 cm³/mol. The van der Waals surface area contributed by atoms with Gasteiger partial charge in [0.2, 0.25) is 0 Å². The lowest BCUT2D eigenvalue weighted by Gasteiger charge is -1.85. The fourth-order valence-electron chi connectivity index (χ4n) is 0. The molecule has 0 saturated carbocycles. The zero-order chi connectivity index (χ0) is 4.28. The quantitative estimate of drug-likeness (QED) is 0.515. The Bertz CT molecular complexity index is 18.9. The summed E-state index contributed by atoms with van der Waals surface area (Å²) in [6.45, 7) is 2.18. The first-order valence-corrected chi connectivity index (χ1v) is 4.04. The lowest BCUT2D eigenvalue weighted by molar-refractivity contribution is 1.11. The average Bonchev–Trinajstić information content (AvgIpc) is 1.38. The predicted octanol–water partition coefficient (Wildman–Crippen LogP) is 2.59. The van der Waals surface area contributed by atoms with E-state index in [0.717, 1.165) is 1.93 Å². The summed E-state index contributed by atoms with van der Waals surface area (Å²) >= 11 is 4.79. The Morgan fingerprint density at radius 2 is 1.80 bits per heavy atom. The minimum atomic E-state index is 0.824. The molecule has 5 heavy (non-hydrogen) atoms. The second kappa shape index (κ2) is 3.64. The van der Waals surface area contributed by atoms with Crippen molar-refractivity contribution in [2.45, 2.75) is 15.3 Å². The molecule has 0 heterocycles. The van der Waals surface area contributed by atoms with Gasteiger partial charge < -0.3 is 0 Å². The molecule has 0 aromatic carbocycles. The summed E-state index contributed by atoms with van der Waals surface area (Å²) in [6, 6.07) is 0. The molecule has 0 rings (SSSR count). The maximum Gasteiger partial charge on any atom is 0.0624 e. The smallest absolute Gasteiger partial charge is 0.0624 e. The van der Waals surface area contributed by atoms with Gasteiger partial charge in [-0.2, -0.15) is 0 Å². The molecular weight excluding hydrogens is 290 g/mol. The molecule has 0 amide bonds. The summed E-state index contributed by atoms with van der Waals surface area (Å²) in [5.74, 6) is 0. The van der Waals surface area contributed by atoms with Crippen molar-refractivity contribution in [1.29, 1.82) is 0 Å². The Morgan fingerprint density at radius 3 is 1.80 bits per heavy atom. The van der Waals surface area contributed by atoms with E-state index in [-0.39, 0.29) is 0 Å². The third kappa shape index (κ3) is 5.46. The van der Waals surface area contributed by atoms with Crippen molar-refractivity contribution in [1.82, 2.24) is 0 Å². The Labute approximate surface area is 60.0 Å². The van der Waals surface area contributed by atoms with Crippen LogP contribution in [0.4, 0.5) is 0 Å². The van der Waals surface area contributed by atoms with Crippen LogP contribution in [0.1, 0.15) is 13.3 Å². The number of hydrogen-bond donors (Lipinski definition) is 0. The minimum absolute atomic E-state index is 0.824. The highest BCUT2D eigenvalue weighted by molar-refractivity contribution is 14.2. The van der Waals surface area contributed by atoms with E-state index < -0.39 is 0 Å². The van der Waals surface area contributed by atoms with E-state index >= 15 is 0 Å². The van der Waals surface area contributed by atoms with Crippen LogP contribution in [0.3, 0.4) is 0 Å². The van der Waals surface area contributed by atoms with Crippen molar-refractivity contribution in [2.24, 2.45) is 0 Å². The molecule has 2 heteroatoms. The van der Waals surface area contributed by atoms with Crippen molar-refractivity contribution < 1.29 is 0 Å². The van der Waals surface area contributed by atoms with Crippen LogP contribution in [0, 0.1) is 0 Å². The number of hydrogen-bond acceptors (Lipinski definition) is 0. The third-order valence-electron chi connectivity index (χ3n) is 0.309. The Morgan fingerprint density at radius 1 is 1.60 bits per heavy atom. The van der Waals surface area contributed by atoms with Gasteiger partial charge in [0.15, 0.2) is 0 Å². The fraction of sp³-hybridized carbons (Fsp3) is 1.00. The first kappa shape index (κ1) is 6.46. The summed E-state index contributed by atoms with van der Waals surface area (Å²) < 4.78 is 0.824. The van der Waals surface area contributed by atoms with Crippen molar-refractivity contribution in [3.63, 3.8) is 0 Å². The monoisotopic (exact) mass is 296 g/mol.